The molecule has 0 bridgehead atoms. The number of hydrogen-bond acceptors (Lipinski definition) is 5. The lowest BCUT2D eigenvalue weighted by molar-refractivity contribution is -0.142. The molecule has 1 rings (SSSR count). The van der Waals surface area contributed by atoms with E-state index in [1.807, 2.05) is 0 Å². The van der Waals surface area contributed by atoms with Crippen LogP contribution < -0.4 is 16.0 Å². The molecule has 0 saturated heterocycles. The normalized spacial score (nSPS) is 25.8. The SMILES string of the molecule is CNC(=O)[C@@H]1C[C@H](C(=O)O)[C@@H](NC(=O)OC(C)(C)C)[C@H]1CNC(C)=O. The highest BCUT2D eigenvalue weighted by Crippen LogP contribution is 2.37. The van der Waals surface area contributed by atoms with Gasteiger partial charge in [-0.25, -0.2) is 4.79 Å². The smallest absolute Gasteiger partial charge is 0.407 e. The molecule has 25 heavy (non-hydrogen) atoms. The van der Waals surface area contributed by atoms with Crippen molar-refractivity contribution in [1.82, 2.24) is 16.0 Å². The summed E-state index contributed by atoms with van der Waals surface area (Å²) in [6.45, 7) is 6.49. The molecule has 1 aliphatic carbocycles. The number of ether oxygens (including phenoxy) is 1. The lowest BCUT2D eigenvalue weighted by atomic mass is 9.92. The number of hydrogen-bond donors (Lipinski definition) is 4. The fourth-order valence-electron chi connectivity index (χ4n) is 3.07. The molecule has 0 radical (unpaired) electrons. The maximum Gasteiger partial charge on any atom is 0.407 e. The summed E-state index contributed by atoms with van der Waals surface area (Å²) in [6.07, 6.45) is -0.686. The van der Waals surface area contributed by atoms with Gasteiger partial charge in [0.2, 0.25) is 11.8 Å². The molecule has 4 N–H and O–H groups in total. The fourth-order valence-corrected chi connectivity index (χ4v) is 3.07. The molecule has 0 aromatic rings. The Labute approximate surface area is 146 Å². The predicted octanol–water partition coefficient (Wildman–Crippen LogP) is 0.0987. The van der Waals surface area contributed by atoms with Crippen molar-refractivity contribution >= 4 is 23.9 Å². The van der Waals surface area contributed by atoms with Gasteiger partial charge in [-0.15, -0.1) is 0 Å². The molecule has 0 spiro atoms. The van der Waals surface area contributed by atoms with Crippen molar-refractivity contribution in [2.75, 3.05) is 13.6 Å². The minimum Gasteiger partial charge on any atom is -0.481 e. The van der Waals surface area contributed by atoms with Crippen LogP contribution in [-0.2, 0) is 19.1 Å². The highest BCUT2D eigenvalue weighted by molar-refractivity contribution is 5.82. The first-order chi connectivity index (χ1) is 11.5. The molecule has 0 aliphatic heterocycles. The number of carbonyl (C=O) groups excluding carboxylic acids is 3. The lowest BCUT2D eigenvalue weighted by Gasteiger charge is -2.28. The standard InChI is InChI=1S/C16H27N3O6/c1-8(20)18-7-11-9(13(21)17-5)6-10(14(22)23)12(11)19-15(24)25-16(2,3)4/h9-12H,6-7H2,1-5H3,(H,17,21)(H,18,20)(H,19,24)(H,22,23)/t9-,10+,11+,12-/m1/s1. The average molecular weight is 357 g/mol. The van der Waals surface area contributed by atoms with E-state index in [2.05, 4.69) is 16.0 Å². The number of alkyl carbamates (subject to hydrolysis) is 1. The van der Waals surface area contributed by atoms with Crippen LogP contribution in [0, 0.1) is 17.8 Å². The van der Waals surface area contributed by atoms with Gasteiger partial charge >= 0.3 is 12.1 Å². The molecular weight excluding hydrogens is 330 g/mol. The number of carbonyl (C=O) groups is 4. The molecule has 0 aromatic carbocycles. The minimum absolute atomic E-state index is 0.0692. The summed E-state index contributed by atoms with van der Waals surface area (Å²) in [5, 5.41) is 17.2. The van der Waals surface area contributed by atoms with Crippen molar-refractivity contribution in [1.29, 1.82) is 0 Å². The summed E-state index contributed by atoms with van der Waals surface area (Å²) in [6, 6.07) is -0.832. The van der Waals surface area contributed by atoms with E-state index in [0.717, 1.165) is 0 Å². The number of nitrogens with one attached hydrogen (secondary N) is 3. The number of amides is 3. The fraction of sp³-hybridized carbons (Fsp3) is 0.750. The Morgan fingerprint density at radius 1 is 1.16 bits per heavy atom. The van der Waals surface area contributed by atoms with Crippen LogP contribution in [0.5, 0.6) is 0 Å². The molecule has 0 heterocycles. The Balaban J connectivity index is 3.05. The van der Waals surface area contributed by atoms with Gasteiger partial charge in [0, 0.05) is 32.4 Å². The molecule has 1 aliphatic rings. The summed E-state index contributed by atoms with van der Waals surface area (Å²) in [4.78, 5) is 47.1. The third-order valence-electron chi connectivity index (χ3n) is 4.09. The van der Waals surface area contributed by atoms with Crippen LogP contribution in [-0.4, -0.2) is 54.2 Å². The maximum absolute atomic E-state index is 12.1. The van der Waals surface area contributed by atoms with Crippen molar-refractivity contribution < 1.29 is 29.0 Å². The highest BCUT2D eigenvalue weighted by Gasteiger charge is 2.50. The second-order valence-electron chi connectivity index (χ2n) is 7.17. The van der Waals surface area contributed by atoms with Crippen LogP contribution in [0.4, 0.5) is 4.79 Å². The van der Waals surface area contributed by atoms with Crippen LogP contribution in [0.1, 0.15) is 34.1 Å². The molecule has 9 nitrogen and oxygen atoms in total. The van der Waals surface area contributed by atoms with E-state index < -0.39 is 41.5 Å². The molecule has 0 unspecified atom stereocenters. The monoisotopic (exact) mass is 357 g/mol. The van der Waals surface area contributed by atoms with Crippen molar-refractivity contribution in [2.24, 2.45) is 17.8 Å². The van der Waals surface area contributed by atoms with Gasteiger partial charge in [-0.1, -0.05) is 0 Å². The summed E-state index contributed by atoms with van der Waals surface area (Å²) in [5.41, 5.74) is -0.741. The van der Waals surface area contributed by atoms with Crippen molar-refractivity contribution in [2.45, 2.75) is 45.8 Å². The van der Waals surface area contributed by atoms with Crippen LogP contribution >= 0.6 is 0 Å². The van der Waals surface area contributed by atoms with Gasteiger partial charge in [0.25, 0.3) is 0 Å². The number of aliphatic carboxylic acids is 1. The Bertz CT molecular complexity index is 542. The van der Waals surface area contributed by atoms with Gasteiger partial charge in [-0.2, -0.15) is 0 Å². The molecule has 0 aromatic heterocycles. The molecule has 9 heteroatoms. The van der Waals surface area contributed by atoms with Crippen LogP contribution in [0.2, 0.25) is 0 Å². The zero-order valence-electron chi connectivity index (χ0n) is 15.2. The van der Waals surface area contributed by atoms with Gasteiger partial charge in [-0.3, -0.25) is 14.4 Å². The van der Waals surface area contributed by atoms with Gasteiger partial charge in [0.05, 0.1) is 12.0 Å². The van der Waals surface area contributed by atoms with Crippen LogP contribution in [0.15, 0.2) is 0 Å². The van der Waals surface area contributed by atoms with E-state index >= 15 is 0 Å². The minimum atomic E-state index is -1.11. The second kappa shape index (κ2) is 8.17. The van der Waals surface area contributed by atoms with Gasteiger partial charge in [0.15, 0.2) is 0 Å². The van der Waals surface area contributed by atoms with Crippen LogP contribution in [0.25, 0.3) is 0 Å². The highest BCUT2D eigenvalue weighted by atomic mass is 16.6. The van der Waals surface area contributed by atoms with Gasteiger partial charge < -0.3 is 25.8 Å². The van der Waals surface area contributed by atoms with Gasteiger partial charge in [-0.05, 0) is 27.2 Å². The predicted molar refractivity (Wildman–Crippen MR) is 88.6 cm³/mol. The first kappa shape index (κ1) is 20.7. The van der Waals surface area contributed by atoms with Crippen LogP contribution in [0.3, 0.4) is 0 Å². The zero-order valence-corrected chi connectivity index (χ0v) is 15.2. The summed E-state index contributed by atoms with van der Waals surface area (Å²) in [5.74, 6) is -3.88. The molecule has 4 atom stereocenters. The van der Waals surface area contributed by atoms with E-state index in [1.165, 1.54) is 14.0 Å². The number of rotatable bonds is 5. The quantitative estimate of drug-likeness (QED) is 0.551. The molecule has 3 amide bonds. The molecule has 1 fully saturated rings. The second-order valence-corrected chi connectivity index (χ2v) is 7.17. The van der Waals surface area contributed by atoms with Crippen molar-refractivity contribution in [3.05, 3.63) is 0 Å². The Hall–Kier alpha value is -2.32. The maximum atomic E-state index is 12.1. The Kier molecular flexibility index (Phi) is 6.78. The van der Waals surface area contributed by atoms with Crippen molar-refractivity contribution in [3.8, 4) is 0 Å². The zero-order chi connectivity index (χ0) is 19.4. The topological polar surface area (TPSA) is 134 Å². The average Bonchev–Trinajstić information content (AvgIpc) is 2.80. The molecule has 1 saturated carbocycles. The molecule has 142 valence electrons. The van der Waals surface area contributed by atoms with E-state index in [-0.39, 0.29) is 24.8 Å². The van der Waals surface area contributed by atoms with E-state index in [9.17, 15) is 24.3 Å². The number of carboxylic acid groups (broad SMARTS) is 1. The van der Waals surface area contributed by atoms with E-state index in [4.69, 9.17) is 4.74 Å². The summed E-state index contributed by atoms with van der Waals surface area (Å²) < 4.78 is 5.19. The third-order valence-corrected chi connectivity index (χ3v) is 4.09. The molecular formula is C16H27N3O6. The van der Waals surface area contributed by atoms with E-state index in [0.29, 0.717) is 0 Å². The number of carboxylic acids is 1. The Morgan fingerprint density at radius 3 is 2.20 bits per heavy atom. The van der Waals surface area contributed by atoms with Crippen molar-refractivity contribution in [3.63, 3.8) is 0 Å². The Morgan fingerprint density at radius 2 is 1.76 bits per heavy atom. The van der Waals surface area contributed by atoms with E-state index in [1.54, 1.807) is 20.8 Å². The summed E-state index contributed by atoms with van der Waals surface area (Å²) in [7, 11) is 1.46. The summed E-state index contributed by atoms with van der Waals surface area (Å²) >= 11 is 0. The van der Waals surface area contributed by atoms with Gasteiger partial charge in [0.1, 0.15) is 5.60 Å². The first-order valence-corrected chi connectivity index (χ1v) is 8.14. The first-order valence-electron chi connectivity index (χ1n) is 8.14. The third kappa shape index (κ3) is 5.91. The lowest BCUT2D eigenvalue weighted by Crippen LogP contribution is -2.50. The largest absolute Gasteiger partial charge is 0.481 e.